The highest BCUT2D eigenvalue weighted by Crippen LogP contribution is 2.29. The molecule has 6 heteroatoms. The summed E-state index contributed by atoms with van der Waals surface area (Å²) in [6.45, 7) is 1.98. The van der Waals surface area contributed by atoms with Gasteiger partial charge in [0, 0.05) is 11.5 Å². The molecule has 0 radical (unpaired) electrons. The van der Waals surface area contributed by atoms with Gasteiger partial charge in [-0.3, -0.25) is 5.10 Å². The lowest BCUT2D eigenvalue weighted by atomic mass is 10.1. The molecular weight excluding hydrogens is 370 g/mol. The third kappa shape index (κ3) is 3.08. The smallest absolute Gasteiger partial charge is 0.141 e. The molecule has 142 valence electrons. The molecule has 0 fully saturated rings. The van der Waals surface area contributed by atoms with E-state index in [4.69, 9.17) is 0 Å². The number of aromatic nitrogens is 4. The number of aryl methyl sites for hydroxylation is 1. The first-order valence-corrected chi connectivity index (χ1v) is 9.15. The van der Waals surface area contributed by atoms with Crippen LogP contribution in [-0.4, -0.2) is 20.2 Å². The monoisotopic (exact) mass is 386 g/mol. The molecule has 0 saturated heterocycles. The maximum atomic E-state index is 14.8. The molecule has 0 atom stereocenters. The number of rotatable bonds is 3. The summed E-state index contributed by atoms with van der Waals surface area (Å²) < 4.78 is 27.8. The molecule has 0 aliphatic carbocycles. The number of halogens is 2. The molecule has 0 bridgehead atoms. The fourth-order valence-corrected chi connectivity index (χ4v) is 3.42. The minimum atomic E-state index is -0.382. The average molecular weight is 386 g/mol. The number of imidazole rings is 1. The predicted molar refractivity (Wildman–Crippen MR) is 111 cm³/mol. The normalized spacial score (nSPS) is 11.8. The highest BCUT2D eigenvalue weighted by molar-refractivity contribution is 5.93. The molecule has 2 N–H and O–H groups in total. The van der Waals surface area contributed by atoms with Crippen LogP contribution in [0.4, 0.5) is 8.78 Å². The van der Waals surface area contributed by atoms with Crippen LogP contribution in [0.3, 0.4) is 0 Å². The summed E-state index contributed by atoms with van der Waals surface area (Å²) in [6.07, 6.45) is 3.65. The number of hydrogen-bond acceptors (Lipinski definition) is 2. The van der Waals surface area contributed by atoms with Crippen molar-refractivity contribution >= 4 is 34.1 Å². The SMILES string of the molecule is Cc1cccc2nc(-c3cc4c(/C=C/c5ccc(F)cc5)n[nH]c4cc3F)[nH]c12. The van der Waals surface area contributed by atoms with Gasteiger partial charge in [-0.1, -0.05) is 30.3 Å². The van der Waals surface area contributed by atoms with Crippen molar-refractivity contribution in [3.05, 3.63) is 83.1 Å². The Morgan fingerprint density at radius 3 is 2.59 bits per heavy atom. The van der Waals surface area contributed by atoms with E-state index >= 15 is 0 Å². The van der Waals surface area contributed by atoms with Crippen LogP contribution in [0.5, 0.6) is 0 Å². The summed E-state index contributed by atoms with van der Waals surface area (Å²) in [7, 11) is 0. The Labute approximate surface area is 164 Å². The summed E-state index contributed by atoms with van der Waals surface area (Å²) >= 11 is 0. The van der Waals surface area contributed by atoms with Crippen LogP contribution in [0.15, 0.2) is 54.6 Å². The zero-order chi connectivity index (χ0) is 20.0. The third-order valence-corrected chi connectivity index (χ3v) is 4.97. The van der Waals surface area contributed by atoms with Crippen LogP contribution in [0.1, 0.15) is 16.8 Å². The van der Waals surface area contributed by atoms with Gasteiger partial charge in [-0.25, -0.2) is 13.8 Å². The summed E-state index contributed by atoms with van der Waals surface area (Å²) in [5.41, 5.74) is 5.22. The van der Waals surface area contributed by atoms with E-state index in [-0.39, 0.29) is 11.6 Å². The van der Waals surface area contributed by atoms with Crippen LogP contribution in [0, 0.1) is 18.6 Å². The highest BCUT2D eigenvalue weighted by Gasteiger charge is 2.15. The summed E-state index contributed by atoms with van der Waals surface area (Å²) in [6, 6.07) is 15.1. The zero-order valence-electron chi connectivity index (χ0n) is 15.5. The van der Waals surface area contributed by atoms with Crippen molar-refractivity contribution in [3.8, 4) is 11.4 Å². The molecule has 5 aromatic rings. The van der Waals surface area contributed by atoms with Crippen LogP contribution < -0.4 is 0 Å². The van der Waals surface area contributed by atoms with Gasteiger partial charge in [0.05, 0.1) is 27.8 Å². The molecule has 0 aliphatic rings. The Kier molecular flexibility index (Phi) is 3.98. The number of fused-ring (bicyclic) bond motifs is 2. The quantitative estimate of drug-likeness (QED) is 0.408. The molecule has 0 spiro atoms. The number of benzene rings is 3. The van der Waals surface area contributed by atoms with Crippen molar-refractivity contribution in [1.29, 1.82) is 0 Å². The fourth-order valence-electron chi connectivity index (χ4n) is 3.42. The molecular formula is C23H16F2N4. The van der Waals surface area contributed by atoms with E-state index in [9.17, 15) is 8.78 Å². The molecule has 29 heavy (non-hydrogen) atoms. The average Bonchev–Trinajstić information content (AvgIpc) is 3.31. The van der Waals surface area contributed by atoms with Crippen molar-refractivity contribution in [1.82, 2.24) is 20.2 Å². The second kappa shape index (κ2) is 6.67. The van der Waals surface area contributed by atoms with Crippen molar-refractivity contribution < 1.29 is 8.78 Å². The molecule has 0 saturated carbocycles. The number of hydrogen-bond donors (Lipinski definition) is 2. The van der Waals surface area contributed by atoms with Gasteiger partial charge in [-0.05, 0) is 48.4 Å². The first-order valence-electron chi connectivity index (χ1n) is 9.15. The van der Waals surface area contributed by atoms with Crippen molar-refractivity contribution in [3.63, 3.8) is 0 Å². The number of aromatic amines is 2. The van der Waals surface area contributed by atoms with Crippen LogP contribution >= 0.6 is 0 Å². The van der Waals surface area contributed by atoms with Gasteiger partial charge in [0.2, 0.25) is 0 Å². The fraction of sp³-hybridized carbons (Fsp3) is 0.0435. The largest absolute Gasteiger partial charge is 0.338 e. The van der Waals surface area contributed by atoms with Crippen molar-refractivity contribution in [2.45, 2.75) is 6.92 Å². The Bertz CT molecular complexity index is 1380. The second-order valence-corrected chi connectivity index (χ2v) is 6.93. The summed E-state index contributed by atoms with van der Waals surface area (Å²) in [4.78, 5) is 7.77. The maximum Gasteiger partial charge on any atom is 0.141 e. The number of nitrogens with zero attached hydrogens (tertiary/aromatic N) is 2. The lowest BCUT2D eigenvalue weighted by molar-refractivity contribution is 0.627. The molecule has 0 unspecified atom stereocenters. The Morgan fingerprint density at radius 1 is 0.966 bits per heavy atom. The van der Waals surface area contributed by atoms with Crippen molar-refractivity contribution in [2.24, 2.45) is 0 Å². The predicted octanol–water partition coefficient (Wildman–Crippen LogP) is 5.86. The van der Waals surface area contributed by atoms with E-state index in [2.05, 4.69) is 20.2 Å². The zero-order valence-corrected chi connectivity index (χ0v) is 15.5. The molecule has 5 rings (SSSR count). The molecule has 2 heterocycles. The minimum absolute atomic E-state index is 0.284. The molecule has 4 nitrogen and oxygen atoms in total. The van der Waals surface area contributed by atoms with E-state index in [0.717, 1.165) is 27.5 Å². The molecule has 0 aliphatic heterocycles. The highest BCUT2D eigenvalue weighted by atomic mass is 19.1. The number of para-hydroxylation sites is 1. The summed E-state index contributed by atoms with van der Waals surface area (Å²) in [5.74, 6) is -0.191. The van der Waals surface area contributed by atoms with Crippen molar-refractivity contribution in [2.75, 3.05) is 0 Å². The summed E-state index contributed by atoms with van der Waals surface area (Å²) in [5, 5.41) is 7.91. The number of H-pyrrole nitrogens is 2. The van der Waals surface area contributed by atoms with E-state index in [0.29, 0.717) is 22.6 Å². The minimum Gasteiger partial charge on any atom is -0.338 e. The topological polar surface area (TPSA) is 57.4 Å². The third-order valence-electron chi connectivity index (χ3n) is 4.97. The Hall–Kier alpha value is -3.80. The molecule has 0 amide bonds. The van der Waals surface area contributed by atoms with E-state index < -0.39 is 0 Å². The van der Waals surface area contributed by atoms with Gasteiger partial charge in [0.25, 0.3) is 0 Å². The Balaban J connectivity index is 1.60. The first kappa shape index (κ1) is 17.3. The second-order valence-electron chi connectivity index (χ2n) is 6.93. The van der Waals surface area contributed by atoms with Crippen LogP contribution in [0.25, 0.3) is 45.5 Å². The van der Waals surface area contributed by atoms with Gasteiger partial charge >= 0.3 is 0 Å². The first-order chi connectivity index (χ1) is 14.1. The molecule has 3 aromatic carbocycles. The van der Waals surface area contributed by atoms with Crippen LogP contribution in [0.2, 0.25) is 0 Å². The lowest BCUT2D eigenvalue weighted by Gasteiger charge is -2.01. The van der Waals surface area contributed by atoms with E-state index in [1.54, 1.807) is 18.2 Å². The lowest BCUT2D eigenvalue weighted by Crippen LogP contribution is -1.87. The van der Waals surface area contributed by atoms with Gasteiger partial charge in [-0.15, -0.1) is 0 Å². The van der Waals surface area contributed by atoms with Gasteiger partial charge in [0.15, 0.2) is 0 Å². The Morgan fingerprint density at radius 2 is 1.79 bits per heavy atom. The van der Waals surface area contributed by atoms with Crippen LogP contribution in [-0.2, 0) is 0 Å². The van der Waals surface area contributed by atoms with E-state index in [1.165, 1.54) is 18.2 Å². The standard InChI is InChI=1S/C23H16F2N4/c1-13-3-2-4-20-22(13)27-23(26-20)16-11-17-19(28-29-21(17)12-18(16)25)10-7-14-5-8-15(24)9-6-14/h2-12H,1H3,(H,26,27)(H,28,29)/b10-7+. The van der Waals surface area contributed by atoms with E-state index in [1.807, 2.05) is 37.3 Å². The van der Waals surface area contributed by atoms with Gasteiger partial charge < -0.3 is 4.98 Å². The van der Waals surface area contributed by atoms with Gasteiger partial charge in [0.1, 0.15) is 17.5 Å². The van der Waals surface area contributed by atoms with Gasteiger partial charge in [-0.2, -0.15) is 5.10 Å². The number of nitrogens with one attached hydrogen (secondary N) is 2. The molecule has 2 aromatic heterocycles. The maximum absolute atomic E-state index is 14.8.